The normalized spacial score (nSPS) is 13.1. The maximum Gasteiger partial charge on any atom is 0.341 e. The highest BCUT2D eigenvalue weighted by molar-refractivity contribution is 7.17. The van der Waals surface area contributed by atoms with Gasteiger partial charge in [0.2, 0.25) is 0 Å². The number of thiophene rings is 1. The quantitative estimate of drug-likeness (QED) is 0.466. The molecular formula is C19H20N2O5S. The van der Waals surface area contributed by atoms with E-state index in [4.69, 9.17) is 4.74 Å². The molecule has 0 bridgehead atoms. The van der Waals surface area contributed by atoms with Crippen molar-refractivity contribution in [1.29, 1.82) is 0 Å². The molecule has 27 heavy (non-hydrogen) atoms. The molecule has 1 aliphatic carbocycles. The molecule has 1 heterocycles. The number of fused-ring (bicyclic) bond motifs is 1. The third-order valence-corrected chi connectivity index (χ3v) is 5.49. The number of nitrogens with zero attached hydrogens (tertiary/aromatic N) is 1. The lowest BCUT2D eigenvalue weighted by molar-refractivity contribution is -0.384. The van der Waals surface area contributed by atoms with Crippen LogP contribution in [-0.4, -0.2) is 22.9 Å². The average molecular weight is 388 g/mol. The van der Waals surface area contributed by atoms with Crippen LogP contribution in [0.25, 0.3) is 0 Å². The third kappa shape index (κ3) is 4.16. The largest absolute Gasteiger partial charge is 0.459 e. The maximum atomic E-state index is 12.6. The molecule has 0 fully saturated rings. The summed E-state index contributed by atoms with van der Waals surface area (Å²) in [5, 5.41) is 14.0. The summed E-state index contributed by atoms with van der Waals surface area (Å²) in [5.41, 5.74) is 1.61. The van der Waals surface area contributed by atoms with Gasteiger partial charge in [0.1, 0.15) is 5.00 Å². The number of anilines is 1. The summed E-state index contributed by atoms with van der Waals surface area (Å²) in [6.45, 7) is 3.57. The number of carbonyl (C=O) groups excluding carboxylic acids is 2. The van der Waals surface area contributed by atoms with E-state index in [0.717, 1.165) is 36.1 Å². The Balaban J connectivity index is 1.89. The number of nitrogens with one attached hydrogen (secondary N) is 1. The molecule has 1 aromatic heterocycles. The number of carbonyl (C=O) groups is 2. The number of nitro groups is 1. The molecule has 1 amide bonds. The minimum Gasteiger partial charge on any atom is -0.459 e. The standard InChI is InChI=1S/C19H20N2O5S/c1-11(2)26-19(23)16-14-5-3-4-6-15(14)27-18(16)20-17(22)12-7-9-13(10-8-12)21(24)25/h7-11H,3-6H2,1-2H3,(H,20,22). The molecule has 0 unspecified atom stereocenters. The summed E-state index contributed by atoms with van der Waals surface area (Å²) in [6, 6.07) is 5.35. The van der Waals surface area contributed by atoms with Gasteiger partial charge in [-0.15, -0.1) is 11.3 Å². The van der Waals surface area contributed by atoms with Gasteiger partial charge in [0.15, 0.2) is 0 Å². The zero-order valence-electron chi connectivity index (χ0n) is 15.1. The minimum absolute atomic E-state index is 0.0839. The summed E-state index contributed by atoms with van der Waals surface area (Å²) in [4.78, 5) is 36.5. The second-order valence-corrected chi connectivity index (χ2v) is 7.73. The molecule has 1 aliphatic rings. The van der Waals surface area contributed by atoms with Crippen LogP contribution in [0.15, 0.2) is 24.3 Å². The molecule has 0 atom stereocenters. The summed E-state index contributed by atoms with van der Waals surface area (Å²) in [7, 11) is 0. The Kier molecular flexibility index (Phi) is 5.55. The van der Waals surface area contributed by atoms with E-state index in [1.807, 2.05) is 0 Å². The first-order chi connectivity index (χ1) is 12.9. The van der Waals surface area contributed by atoms with E-state index in [2.05, 4.69) is 5.32 Å². The van der Waals surface area contributed by atoms with Crippen molar-refractivity contribution in [3.8, 4) is 0 Å². The number of ether oxygens (including phenoxy) is 1. The van der Waals surface area contributed by atoms with Gasteiger partial charge in [-0.05, 0) is 57.2 Å². The van der Waals surface area contributed by atoms with Crippen molar-refractivity contribution in [2.24, 2.45) is 0 Å². The number of amides is 1. The van der Waals surface area contributed by atoms with Crippen LogP contribution in [0.4, 0.5) is 10.7 Å². The number of esters is 1. The Morgan fingerprint density at radius 3 is 2.48 bits per heavy atom. The second kappa shape index (κ2) is 7.87. The van der Waals surface area contributed by atoms with Gasteiger partial charge in [-0.2, -0.15) is 0 Å². The first-order valence-corrected chi connectivity index (χ1v) is 9.59. The Hall–Kier alpha value is -2.74. The molecule has 0 aliphatic heterocycles. The van der Waals surface area contributed by atoms with Crippen molar-refractivity contribution in [1.82, 2.24) is 0 Å². The fraction of sp³-hybridized carbons (Fsp3) is 0.368. The molecule has 2 aromatic rings. The van der Waals surface area contributed by atoms with Gasteiger partial charge in [-0.1, -0.05) is 0 Å². The van der Waals surface area contributed by atoms with Crippen LogP contribution < -0.4 is 5.32 Å². The summed E-state index contributed by atoms with van der Waals surface area (Å²) in [5.74, 6) is -0.842. The lowest BCUT2D eigenvalue weighted by atomic mass is 9.95. The van der Waals surface area contributed by atoms with E-state index in [9.17, 15) is 19.7 Å². The number of hydrogen-bond donors (Lipinski definition) is 1. The number of aryl methyl sites for hydroxylation is 1. The highest BCUT2D eigenvalue weighted by Crippen LogP contribution is 2.39. The van der Waals surface area contributed by atoms with Crippen LogP contribution >= 0.6 is 11.3 Å². The van der Waals surface area contributed by atoms with Gasteiger partial charge < -0.3 is 10.1 Å². The molecule has 3 rings (SSSR count). The first kappa shape index (κ1) is 19.0. The Morgan fingerprint density at radius 1 is 1.19 bits per heavy atom. The smallest absolute Gasteiger partial charge is 0.341 e. The van der Waals surface area contributed by atoms with Crippen LogP contribution in [-0.2, 0) is 17.6 Å². The SMILES string of the molecule is CC(C)OC(=O)c1c(NC(=O)c2ccc([N+](=O)[O-])cc2)sc2c1CCCC2. The molecule has 8 heteroatoms. The highest BCUT2D eigenvalue weighted by atomic mass is 32.1. The fourth-order valence-corrected chi connectivity index (χ4v) is 4.33. The molecule has 0 radical (unpaired) electrons. The van der Waals surface area contributed by atoms with Gasteiger partial charge in [-0.3, -0.25) is 14.9 Å². The van der Waals surface area contributed by atoms with Crippen LogP contribution in [0.1, 0.15) is 57.8 Å². The van der Waals surface area contributed by atoms with E-state index in [0.29, 0.717) is 10.6 Å². The van der Waals surface area contributed by atoms with Gasteiger partial charge in [0, 0.05) is 22.6 Å². The number of hydrogen-bond acceptors (Lipinski definition) is 6. The molecule has 1 N–H and O–H groups in total. The van der Waals surface area contributed by atoms with Gasteiger partial charge >= 0.3 is 5.97 Å². The number of benzene rings is 1. The van der Waals surface area contributed by atoms with Crippen LogP contribution in [0.5, 0.6) is 0 Å². The molecular weight excluding hydrogens is 368 g/mol. The van der Waals surface area contributed by atoms with Crippen LogP contribution in [0, 0.1) is 10.1 Å². The topological polar surface area (TPSA) is 98.5 Å². The van der Waals surface area contributed by atoms with Gasteiger partial charge in [0.25, 0.3) is 11.6 Å². The van der Waals surface area contributed by atoms with Crippen molar-refractivity contribution in [2.75, 3.05) is 5.32 Å². The number of non-ortho nitro benzene ring substituents is 1. The van der Waals surface area contributed by atoms with E-state index >= 15 is 0 Å². The van der Waals surface area contributed by atoms with Crippen LogP contribution in [0.2, 0.25) is 0 Å². The predicted octanol–water partition coefficient (Wildman–Crippen LogP) is 4.35. The summed E-state index contributed by atoms with van der Waals surface area (Å²) >= 11 is 1.41. The number of nitro benzene ring substituents is 1. The number of rotatable bonds is 5. The Bertz CT molecular complexity index is 886. The van der Waals surface area contributed by atoms with E-state index in [1.165, 1.54) is 35.6 Å². The van der Waals surface area contributed by atoms with E-state index in [-0.39, 0.29) is 17.4 Å². The Morgan fingerprint density at radius 2 is 1.85 bits per heavy atom. The zero-order valence-corrected chi connectivity index (χ0v) is 15.9. The predicted molar refractivity (Wildman–Crippen MR) is 103 cm³/mol. The first-order valence-electron chi connectivity index (χ1n) is 8.78. The molecule has 1 aromatic carbocycles. The van der Waals surface area contributed by atoms with Gasteiger partial charge in [0.05, 0.1) is 16.6 Å². The fourth-order valence-electron chi connectivity index (χ4n) is 3.05. The third-order valence-electron chi connectivity index (χ3n) is 4.29. The van der Waals surface area contributed by atoms with Crippen LogP contribution in [0.3, 0.4) is 0 Å². The highest BCUT2D eigenvalue weighted by Gasteiger charge is 2.28. The lowest BCUT2D eigenvalue weighted by Gasteiger charge is -2.14. The van der Waals surface area contributed by atoms with Crippen molar-refractivity contribution >= 4 is 33.9 Å². The van der Waals surface area contributed by atoms with Crippen molar-refractivity contribution in [3.63, 3.8) is 0 Å². The van der Waals surface area contributed by atoms with Crippen molar-refractivity contribution in [3.05, 3.63) is 55.9 Å². The van der Waals surface area contributed by atoms with Gasteiger partial charge in [-0.25, -0.2) is 4.79 Å². The molecule has 7 nitrogen and oxygen atoms in total. The average Bonchev–Trinajstić information content (AvgIpc) is 2.99. The molecule has 0 spiro atoms. The minimum atomic E-state index is -0.519. The van der Waals surface area contributed by atoms with E-state index < -0.39 is 16.8 Å². The summed E-state index contributed by atoms with van der Waals surface area (Å²) < 4.78 is 5.37. The molecule has 0 saturated carbocycles. The maximum absolute atomic E-state index is 12.6. The molecule has 0 saturated heterocycles. The Labute approximate surface area is 160 Å². The second-order valence-electron chi connectivity index (χ2n) is 6.63. The lowest BCUT2D eigenvalue weighted by Crippen LogP contribution is -2.17. The zero-order chi connectivity index (χ0) is 19.6. The summed E-state index contributed by atoms with van der Waals surface area (Å²) in [6.07, 6.45) is 3.48. The monoisotopic (exact) mass is 388 g/mol. The van der Waals surface area contributed by atoms with E-state index in [1.54, 1.807) is 13.8 Å². The van der Waals surface area contributed by atoms with Crippen molar-refractivity contribution < 1.29 is 19.2 Å². The molecule has 142 valence electrons. The van der Waals surface area contributed by atoms with Crippen molar-refractivity contribution in [2.45, 2.75) is 45.6 Å².